The molecule has 33 heavy (non-hydrogen) atoms. The molecule has 2 amide bonds. The Morgan fingerprint density at radius 2 is 1.73 bits per heavy atom. The molecular weight excluding hydrogens is 506 g/mol. The summed E-state index contributed by atoms with van der Waals surface area (Å²) in [6, 6.07) is 13.6. The van der Waals surface area contributed by atoms with E-state index >= 15 is 0 Å². The van der Waals surface area contributed by atoms with E-state index in [1.807, 2.05) is 52.0 Å². The average molecular weight is 539 g/mol. The van der Waals surface area contributed by atoms with Gasteiger partial charge >= 0.3 is 0 Å². The molecule has 9 heteroatoms. The van der Waals surface area contributed by atoms with E-state index in [9.17, 15) is 18.0 Å². The molecule has 0 saturated carbocycles. The second kappa shape index (κ2) is 10.7. The number of amides is 2. The molecule has 180 valence electrons. The summed E-state index contributed by atoms with van der Waals surface area (Å²) in [5.41, 5.74) is 1.76. The Bertz CT molecular complexity index is 1110. The number of aryl methyl sites for hydroxylation is 1. The highest BCUT2D eigenvalue weighted by Crippen LogP contribution is 2.28. The Balaban J connectivity index is 2.42. The highest BCUT2D eigenvalue weighted by Gasteiger charge is 2.31. The van der Waals surface area contributed by atoms with Gasteiger partial charge in [0.05, 0.1) is 11.9 Å². The fourth-order valence-corrected chi connectivity index (χ4v) is 4.79. The summed E-state index contributed by atoms with van der Waals surface area (Å²) in [5.74, 6) is -0.787. The lowest BCUT2D eigenvalue weighted by molar-refractivity contribution is -0.140. The maximum Gasteiger partial charge on any atom is 0.244 e. The zero-order valence-corrected chi connectivity index (χ0v) is 22.3. The third-order valence-corrected chi connectivity index (χ3v) is 6.70. The normalized spacial score (nSPS) is 12.7. The van der Waals surface area contributed by atoms with E-state index in [0.717, 1.165) is 21.7 Å². The number of hydrogen-bond donors (Lipinski definition) is 1. The second-order valence-corrected chi connectivity index (χ2v) is 11.9. The van der Waals surface area contributed by atoms with Crippen LogP contribution in [0.4, 0.5) is 5.69 Å². The van der Waals surface area contributed by atoms with Gasteiger partial charge < -0.3 is 10.2 Å². The second-order valence-electron chi connectivity index (χ2n) is 9.15. The van der Waals surface area contributed by atoms with Gasteiger partial charge in [-0.15, -0.1) is 0 Å². The molecule has 0 fully saturated rings. The van der Waals surface area contributed by atoms with Crippen LogP contribution in [0.25, 0.3) is 0 Å². The minimum Gasteiger partial charge on any atom is -0.350 e. The summed E-state index contributed by atoms with van der Waals surface area (Å²) in [7, 11) is -3.77. The van der Waals surface area contributed by atoms with Crippen molar-refractivity contribution in [1.82, 2.24) is 10.2 Å². The third-order valence-electron chi connectivity index (χ3n) is 4.90. The Kier molecular flexibility index (Phi) is 8.70. The maximum absolute atomic E-state index is 13.5. The van der Waals surface area contributed by atoms with Gasteiger partial charge in [-0.05, 0) is 68.2 Å². The lowest BCUT2D eigenvalue weighted by Crippen LogP contribution is -2.54. The molecule has 0 heterocycles. The molecule has 1 N–H and O–H groups in total. The van der Waals surface area contributed by atoms with Crippen molar-refractivity contribution in [3.63, 3.8) is 0 Å². The highest BCUT2D eigenvalue weighted by molar-refractivity contribution is 9.10. The van der Waals surface area contributed by atoms with E-state index in [-0.39, 0.29) is 12.5 Å². The average Bonchev–Trinajstić information content (AvgIpc) is 2.68. The monoisotopic (exact) mass is 537 g/mol. The Morgan fingerprint density at radius 3 is 2.27 bits per heavy atom. The van der Waals surface area contributed by atoms with Gasteiger partial charge in [0.2, 0.25) is 21.8 Å². The van der Waals surface area contributed by atoms with Crippen LogP contribution in [0, 0.1) is 6.92 Å². The number of rotatable bonds is 8. The summed E-state index contributed by atoms with van der Waals surface area (Å²) in [6.07, 6.45) is 1.06. The highest BCUT2D eigenvalue weighted by atomic mass is 79.9. The van der Waals surface area contributed by atoms with E-state index in [4.69, 9.17) is 0 Å². The quantitative estimate of drug-likeness (QED) is 0.553. The molecule has 0 aliphatic carbocycles. The standard InChI is InChI=1S/C24H32BrN3O4S/c1-17-10-9-11-19(14-17)15-27(18(2)23(30)26-24(3,4)5)22(29)16-28(33(6,31)32)21-13-8-7-12-20(21)25/h7-14,18H,15-16H2,1-6H3,(H,26,30)/t18-/m0/s1. The van der Waals surface area contributed by atoms with Crippen LogP contribution < -0.4 is 9.62 Å². The molecular formula is C24H32BrN3O4S. The number of carbonyl (C=O) groups is 2. The van der Waals surface area contributed by atoms with Gasteiger partial charge in [-0.2, -0.15) is 0 Å². The third kappa shape index (κ3) is 7.85. The molecule has 0 radical (unpaired) electrons. The SMILES string of the molecule is Cc1cccc(CN(C(=O)CN(c2ccccc2Br)S(C)(=O)=O)[C@@H](C)C(=O)NC(C)(C)C)c1. The number of hydrogen-bond acceptors (Lipinski definition) is 4. The van der Waals surface area contributed by atoms with Gasteiger partial charge in [0, 0.05) is 16.6 Å². The fraction of sp³-hybridized carbons (Fsp3) is 0.417. The molecule has 2 aromatic carbocycles. The van der Waals surface area contributed by atoms with Gasteiger partial charge in [-0.3, -0.25) is 13.9 Å². The van der Waals surface area contributed by atoms with Crippen molar-refractivity contribution in [1.29, 1.82) is 0 Å². The Labute approximate surface area is 205 Å². The van der Waals surface area contributed by atoms with Crippen LogP contribution in [-0.4, -0.2) is 49.5 Å². The van der Waals surface area contributed by atoms with Crippen LogP contribution in [0.15, 0.2) is 53.0 Å². The summed E-state index contributed by atoms with van der Waals surface area (Å²) in [6.45, 7) is 8.93. The molecule has 0 spiro atoms. The molecule has 2 rings (SSSR count). The molecule has 7 nitrogen and oxygen atoms in total. The first-order valence-corrected chi connectivity index (χ1v) is 13.2. The van der Waals surface area contributed by atoms with E-state index in [1.54, 1.807) is 31.2 Å². The molecule has 0 bridgehead atoms. The van der Waals surface area contributed by atoms with Crippen molar-refractivity contribution in [2.45, 2.75) is 52.7 Å². The predicted octanol–water partition coefficient (Wildman–Crippen LogP) is 3.86. The molecule has 0 aliphatic heterocycles. The van der Waals surface area contributed by atoms with Crippen molar-refractivity contribution < 1.29 is 18.0 Å². The number of carbonyl (C=O) groups excluding carboxylic acids is 2. The first-order valence-electron chi connectivity index (χ1n) is 10.6. The molecule has 0 saturated heterocycles. The smallest absolute Gasteiger partial charge is 0.244 e. The maximum atomic E-state index is 13.5. The molecule has 0 unspecified atom stereocenters. The topological polar surface area (TPSA) is 86.8 Å². The Hall–Kier alpha value is -2.39. The summed E-state index contributed by atoms with van der Waals surface area (Å²) < 4.78 is 26.8. The number of anilines is 1. The largest absolute Gasteiger partial charge is 0.350 e. The van der Waals surface area contributed by atoms with Gasteiger partial charge in [0.1, 0.15) is 12.6 Å². The number of sulfonamides is 1. The van der Waals surface area contributed by atoms with Gasteiger partial charge in [-0.25, -0.2) is 8.42 Å². The zero-order valence-electron chi connectivity index (χ0n) is 19.9. The number of benzene rings is 2. The van der Waals surface area contributed by atoms with Crippen LogP contribution in [0.1, 0.15) is 38.8 Å². The molecule has 0 aliphatic rings. The van der Waals surface area contributed by atoms with E-state index < -0.39 is 34.1 Å². The lowest BCUT2D eigenvalue weighted by atomic mass is 10.1. The molecule has 1 atom stereocenters. The van der Waals surface area contributed by atoms with E-state index in [0.29, 0.717) is 10.2 Å². The van der Waals surface area contributed by atoms with Crippen LogP contribution in [0.5, 0.6) is 0 Å². The zero-order chi connectivity index (χ0) is 25.0. The number of nitrogens with zero attached hydrogens (tertiary/aromatic N) is 2. The first-order chi connectivity index (χ1) is 15.2. The summed E-state index contributed by atoms with van der Waals surface area (Å²) in [4.78, 5) is 27.9. The van der Waals surface area contributed by atoms with Gasteiger partial charge in [0.15, 0.2) is 0 Å². The van der Waals surface area contributed by atoms with Gasteiger partial charge in [0.25, 0.3) is 0 Å². The summed E-state index contributed by atoms with van der Waals surface area (Å²) >= 11 is 3.37. The Morgan fingerprint density at radius 1 is 1.09 bits per heavy atom. The minimum atomic E-state index is -3.77. The van der Waals surface area contributed by atoms with Crippen LogP contribution in [0.3, 0.4) is 0 Å². The van der Waals surface area contributed by atoms with Crippen molar-refractivity contribution in [2.75, 3.05) is 17.1 Å². The number of nitrogens with one attached hydrogen (secondary N) is 1. The van der Waals surface area contributed by atoms with Crippen molar-refractivity contribution in [3.8, 4) is 0 Å². The van der Waals surface area contributed by atoms with Crippen LogP contribution in [-0.2, 0) is 26.2 Å². The number of para-hydroxylation sites is 1. The summed E-state index contributed by atoms with van der Waals surface area (Å²) in [5, 5.41) is 2.90. The van der Waals surface area contributed by atoms with Crippen molar-refractivity contribution >= 4 is 43.5 Å². The molecule has 0 aromatic heterocycles. The predicted molar refractivity (Wildman–Crippen MR) is 135 cm³/mol. The van der Waals surface area contributed by atoms with Gasteiger partial charge in [-0.1, -0.05) is 42.0 Å². The van der Waals surface area contributed by atoms with Crippen LogP contribution in [0.2, 0.25) is 0 Å². The number of halogens is 1. The molecule has 2 aromatic rings. The minimum absolute atomic E-state index is 0.173. The van der Waals surface area contributed by atoms with Crippen molar-refractivity contribution in [2.24, 2.45) is 0 Å². The van der Waals surface area contributed by atoms with E-state index in [2.05, 4.69) is 21.2 Å². The van der Waals surface area contributed by atoms with Crippen molar-refractivity contribution in [3.05, 3.63) is 64.1 Å². The fourth-order valence-electron chi connectivity index (χ4n) is 3.31. The lowest BCUT2D eigenvalue weighted by Gasteiger charge is -2.33. The first kappa shape index (κ1) is 26.9. The van der Waals surface area contributed by atoms with Crippen LogP contribution >= 0.6 is 15.9 Å². The van der Waals surface area contributed by atoms with E-state index in [1.165, 1.54) is 4.90 Å².